The maximum atomic E-state index is 9.65. The molecule has 1 aliphatic carbocycles. The molecule has 1 aromatic rings. The highest BCUT2D eigenvalue weighted by molar-refractivity contribution is 5.29. The highest BCUT2D eigenvalue weighted by atomic mass is 16.5. The third-order valence-electron chi connectivity index (χ3n) is 5.12. The summed E-state index contributed by atoms with van der Waals surface area (Å²) in [5.74, 6) is 1.00. The average Bonchev–Trinajstić information content (AvgIpc) is 3.11. The molecule has 0 unspecified atom stereocenters. The van der Waals surface area contributed by atoms with Gasteiger partial charge in [0.15, 0.2) is 0 Å². The van der Waals surface area contributed by atoms with Crippen LogP contribution in [0.5, 0.6) is 5.75 Å². The van der Waals surface area contributed by atoms with E-state index in [9.17, 15) is 5.11 Å². The van der Waals surface area contributed by atoms with Crippen molar-refractivity contribution >= 4 is 0 Å². The zero-order valence-electron chi connectivity index (χ0n) is 13.1. The number of rotatable bonds is 5. The lowest BCUT2D eigenvalue weighted by Crippen LogP contribution is -2.43. The van der Waals surface area contributed by atoms with Crippen molar-refractivity contribution < 1.29 is 9.84 Å². The van der Waals surface area contributed by atoms with Crippen molar-refractivity contribution in [3.05, 3.63) is 29.8 Å². The molecule has 116 valence electrons. The number of aliphatic hydroxyl groups is 1. The predicted octanol–water partition coefficient (Wildman–Crippen LogP) is 3.35. The lowest BCUT2D eigenvalue weighted by Gasteiger charge is -2.33. The highest BCUT2D eigenvalue weighted by Gasteiger charge is 2.35. The molecular formula is C18H27NO2. The van der Waals surface area contributed by atoms with Crippen LogP contribution >= 0.6 is 0 Å². The molecule has 2 fully saturated rings. The molecule has 1 N–H and O–H groups in total. The van der Waals surface area contributed by atoms with E-state index >= 15 is 0 Å². The fourth-order valence-corrected chi connectivity index (χ4v) is 3.66. The summed E-state index contributed by atoms with van der Waals surface area (Å²) in [6.07, 6.45) is 7.66. The molecule has 3 nitrogen and oxygen atoms in total. The Kier molecular flexibility index (Phi) is 4.51. The van der Waals surface area contributed by atoms with Crippen molar-refractivity contribution in [2.75, 3.05) is 13.2 Å². The fourth-order valence-electron chi connectivity index (χ4n) is 3.66. The number of hydrogen-bond donors (Lipinski definition) is 1. The van der Waals surface area contributed by atoms with Gasteiger partial charge in [0.2, 0.25) is 0 Å². The molecule has 1 aliphatic heterocycles. The standard InChI is InChI=1S/C18H27NO2/c1-18(14-20)10-5-11-19(18)13-15-6-4-9-17(12-15)21-16-7-2-3-8-16/h4,6,9,12,16,20H,2-3,5,7-8,10-11,13-14H2,1H3/t18-/m1/s1. The number of hydrogen-bond acceptors (Lipinski definition) is 3. The van der Waals surface area contributed by atoms with E-state index in [1.165, 1.54) is 37.7 Å². The summed E-state index contributed by atoms with van der Waals surface area (Å²) >= 11 is 0. The van der Waals surface area contributed by atoms with Crippen LogP contribution in [0.25, 0.3) is 0 Å². The van der Waals surface area contributed by atoms with Crippen LogP contribution in [0.15, 0.2) is 24.3 Å². The molecule has 2 aliphatic rings. The van der Waals surface area contributed by atoms with Gasteiger partial charge < -0.3 is 9.84 Å². The smallest absolute Gasteiger partial charge is 0.120 e. The SMILES string of the molecule is C[C@]1(CO)CCCN1Cc1cccc(OC2CCCC2)c1. The molecule has 1 aromatic carbocycles. The van der Waals surface area contributed by atoms with Gasteiger partial charge in [-0.25, -0.2) is 0 Å². The van der Waals surface area contributed by atoms with E-state index in [-0.39, 0.29) is 12.1 Å². The molecule has 3 rings (SSSR count). The van der Waals surface area contributed by atoms with Gasteiger partial charge in [-0.05, 0) is 69.7 Å². The van der Waals surface area contributed by atoms with Crippen LogP contribution in [-0.2, 0) is 6.54 Å². The first-order valence-corrected chi connectivity index (χ1v) is 8.31. The molecule has 0 radical (unpaired) electrons. The Morgan fingerprint density at radius 1 is 1.29 bits per heavy atom. The first kappa shape index (κ1) is 14.9. The van der Waals surface area contributed by atoms with E-state index in [1.54, 1.807) is 0 Å². The Hall–Kier alpha value is -1.06. The van der Waals surface area contributed by atoms with Crippen molar-refractivity contribution in [3.8, 4) is 5.75 Å². The number of likely N-dealkylation sites (tertiary alicyclic amines) is 1. The monoisotopic (exact) mass is 289 g/mol. The van der Waals surface area contributed by atoms with E-state index in [0.717, 1.165) is 25.3 Å². The van der Waals surface area contributed by atoms with Crippen LogP contribution in [0.3, 0.4) is 0 Å². The predicted molar refractivity (Wildman–Crippen MR) is 84.5 cm³/mol. The summed E-state index contributed by atoms with van der Waals surface area (Å²) < 4.78 is 6.09. The first-order chi connectivity index (χ1) is 10.2. The molecule has 1 saturated carbocycles. The lowest BCUT2D eigenvalue weighted by atomic mass is 10.00. The summed E-state index contributed by atoms with van der Waals surface area (Å²) in [6, 6.07) is 8.50. The summed E-state index contributed by atoms with van der Waals surface area (Å²) in [5, 5.41) is 9.65. The summed E-state index contributed by atoms with van der Waals surface area (Å²) in [7, 11) is 0. The number of ether oxygens (including phenoxy) is 1. The van der Waals surface area contributed by atoms with Crippen LogP contribution in [-0.4, -0.2) is 34.8 Å². The summed E-state index contributed by atoms with van der Waals surface area (Å²) in [4.78, 5) is 2.40. The minimum atomic E-state index is -0.0533. The maximum Gasteiger partial charge on any atom is 0.120 e. The second-order valence-electron chi connectivity index (χ2n) is 6.85. The minimum absolute atomic E-state index is 0.0533. The third-order valence-corrected chi connectivity index (χ3v) is 5.12. The highest BCUT2D eigenvalue weighted by Crippen LogP contribution is 2.31. The molecule has 3 heteroatoms. The van der Waals surface area contributed by atoms with E-state index in [0.29, 0.717) is 6.10 Å². The van der Waals surface area contributed by atoms with Gasteiger partial charge in [0.1, 0.15) is 5.75 Å². The Labute approximate surface area is 127 Å². The lowest BCUT2D eigenvalue weighted by molar-refractivity contribution is 0.0733. The normalized spacial score (nSPS) is 27.3. The largest absolute Gasteiger partial charge is 0.490 e. The van der Waals surface area contributed by atoms with E-state index < -0.39 is 0 Å². The van der Waals surface area contributed by atoms with Crippen LogP contribution in [0, 0.1) is 0 Å². The van der Waals surface area contributed by atoms with Gasteiger partial charge in [-0.1, -0.05) is 12.1 Å². The second kappa shape index (κ2) is 6.37. The maximum absolute atomic E-state index is 9.65. The molecule has 1 saturated heterocycles. The average molecular weight is 289 g/mol. The van der Waals surface area contributed by atoms with E-state index in [1.807, 2.05) is 0 Å². The van der Waals surface area contributed by atoms with Gasteiger partial charge in [-0.3, -0.25) is 4.90 Å². The second-order valence-corrected chi connectivity index (χ2v) is 6.85. The molecule has 0 aromatic heterocycles. The Bertz CT molecular complexity index is 470. The van der Waals surface area contributed by atoms with Gasteiger partial charge in [0, 0.05) is 12.1 Å². The molecule has 0 spiro atoms. The van der Waals surface area contributed by atoms with Gasteiger partial charge >= 0.3 is 0 Å². The van der Waals surface area contributed by atoms with Crippen molar-refractivity contribution in [2.24, 2.45) is 0 Å². The van der Waals surface area contributed by atoms with Gasteiger partial charge in [0.05, 0.1) is 12.7 Å². The number of nitrogens with zero attached hydrogens (tertiary/aromatic N) is 1. The molecule has 0 amide bonds. The molecular weight excluding hydrogens is 262 g/mol. The zero-order chi connectivity index (χ0) is 14.7. The van der Waals surface area contributed by atoms with Crippen molar-refractivity contribution in [3.63, 3.8) is 0 Å². The molecule has 0 bridgehead atoms. The van der Waals surface area contributed by atoms with E-state index in [4.69, 9.17) is 4.74 Å². The molecule has 21 heavy (non-hydrogen) atoms. The Morgan fingerprint density at radius 2 is 2.10 bits per heavy atom. The van der Waals surface area contributed by atoms with Crippen LogP contribution < -0.4 is 4.74 Å². The summed E-state index contributed by atoms with van der Waals surface area (Å²) in [6.45, 7) is 4.38. The Morgan fingerprint density at radius 3 is 2.86 bits per heavy atom. The number of aliphatic hydroxyl groups excluding tert-OH is 1. The van der Waals surface area contributed by atoms with E-state index in [2.05, 4.69) is 36.1 Å². The summed E-state index contributed by atoms with van der Waals surface area (Å²) in [5.41, 5.74) is 1.23. The van der Waals surface area contributed by atoms with Crippen molar-refractivity contribution in [2.45, 2.75) is 63.6 Å². The number of benzene rings is 1. The Balaban J connectivity index is 1.65. The van der Waals surface area contributed by atoms with Crippen LogP contribution in [0.4, 0.5) is 0 Å². The zero-order valence-corrected chi connectivity index (χ0v) is 13.1. The molecule has 1 heterocycles. The quantitative estimate of drug-likeness (QED) is 0.902. The molecule has 1 atom stereocenters. The van der Waals surface area contributed by atoms with Crippen LogP contribution in [0.1, 0.15) is 51.0 Å². The van der Waals surface area contributed by atoms with Crippen molar-refractivity contribution in [1.82, 2.24) is 4.90 Å². The van der Waals surface area contributed by atoms with Crippen LogP contribution in [0.2, 0.25) is 0 Å². The first-order valence-electron chi connectivity index (χ1n) is 8.31. The fraction of sp³-hybridized carbons (Fsp3) is 0.667. The van der Waals surface area contributed by atoms with Gasteiger partial charge in [0.25, 0.3) is 0 Å². The van der Waals surface area contributed by atoms with Gasteiger partial charge in [-0.2, -0.15) is 0 Å². The topological polar surface area (TPSA) is 32.7 Å². The minimum Gasteiger partial charge on any atom is -0.490 e. The van der Waals surface area contributed by atoms with Crippen molar-refractivity contribution in [1.29, 1.82) is 0 Å². The third kappa shape index (κ3) is 3.41. The van der Waals surface area contributed by atoms with Gasteiger partial charge in [-0.15, -0.1) is 0 Å².